The molecule has 26 heavy (non-hydrogen) atoms. The Bertz CT molecular complexity index is 850. The van der Waals surface area contributed by atoms with Crippen molar-refractivity contribution in [1.82, 2.24) is 9.88 Å². The summed E-state index contributed by atoms with van der Waals surface area (Å²) in [7, 11) is 1.61. The van der Waals surface area contributed by atoms with Crippen LogP contribution in [0.2, 0.25) is 0 Å². The monoisotopic (exact) mass is 348 g/mol. The minimum atomic E-state index is 0.308. The van der Waals surface area contributed by atoms with Crippen LogP contribution in [-0.4, -0.2) is 28.6 Å². The van der Waals surface area contributed by atoms with Gasteiger partial charge in [0.05, 0.1) is 12.8 Å². The van der Waals surface area contributed by atoms with Crippen molar-refractivity contribution in [2.45, 2.75) is 20.0 Å². The van der Waals surface area contributed by atoms with Crippen LogP contribution in [0.3, 0.4) is 0 Å². The lowest BCUT2D eigenvalue weighted by Gasteiger charge is -2.21. The van der Waals surface area contributed by atoms with E-state index in [-0.39, 0.29) is 0 Å². The minimum absolute atomic E-state index is 0.308. The molecule has 1 aromatic heterocycles. The van der Waals surface area contributed by atoms with E-state index in [9.17, 15) is 5.11 Å². The molecule has 4 nitrogen and oxygen atoms in total. The first kappa shape index (κ1) is 18.0. The molecular formula is C22H24N2O2. The van der Waals surface area contributed by atoms with Crippen LogP contribution in [0, 0.1) is 0 Å². The van der Waals surface area contributed by atoms with Gasteiger partial charge in [-0.2, -0.15) is 0 Å². The van der Waals surface area contributed by atoms with Gasteiger partial charge in [-0.25, -0.2) is 4.98 Å². The Labute approximate surface area is 154 Å². The first-order valence-electron chi connectivity index (χ1n) is 8.79. The van der Waals surface area contributed by atoms with Crippen molar-refractivity contribution in [2.75, 3.05) is 13.7 Å². The molecule has 0 radical (unpaired) electrons. The van der Waals surface area contributed by atoms with Crippen molar-refractivity contribution < 1.29 is 9.84 Å². The molecule has 0 saturated carbocycles. The third kappa shape index (κ3) is 4.41. The molecule has 0 fully saturated rings. The fraction of sp³-hybridized carbons (Fsp3) is 0.227. The number of aromatic hydroxyl groups is 1. The van der Waals surface area contributed by atoms with Gasteiger partial charge in [-0.3, -0.25) is 4.90 Å². The molecule has 0 atom stereocenters. The zero-order valence-corrected chi connectivity index (χ0v) is 15.2. The number of nitrogens with zero attached hydrogens (tertiary/aromatic N) is 2. The van der Waals surface area contributed by atoms with Gasteiger partial charge in [-0.05, 0) is 36.4 Å². The third-order valence-corrected chi connectivity index (χ3v) is 4.40. The highest BCUT2D eigenvalue weighted by atomic mass is 16.5. The zero-order valence-electron chi connectivity index (χ0n) is 15.2. The predicted octanol–water partition coefficient (Wildman–Crippen LogP) is 4.48. The van der Waals surface area contributed by atoms with Crippen molar-refractivity contribution in [3.63, 3.8) is 0 Å². The van der Waals surface area contributed by atoms with Crippen molar-refractivity contribution in [2.24, 2.45) is 0 Å². The van der Waals surface area contributed by atoms with Crippen molar-refractivity contribution >= 4 is 0 Å². The largest absolute Gasteiger partial charge is 0.508 e. The molecule has 0 aliphatic rings. The maximum Gasteiger partial charge on any atom is 0.213 e. The lowest BCUT2D eigenvalue weighted by atomic mass is 10.1. The summed E-state index contributed by atoms with van der Waals surface area (Å²) in [5.41, 5.74) is 3.95. The molecule has 1 N–H and O–H groups in total. The lowest BCUT2D eigenvalue weighted by Crippen LogP contribution is -2.22. The van der Waals surface area contributed by atoms with E-state index < -0.39 is 0 Å². The number of ether oxygens (including phenoxy) is 1. The number of hydrogen-bond acceptors (Lipinski definition) is 4. The molecule has 2 aromatic carbocycles. The van der Waals surface area contributed by atoms with Gasteiger partial charge < -0.3 is 9.84 Å². The van der Waals surface area contributed by atoms with Crippen molar-refractivity contribution in [3.8, 4) is 22.9 Å². The first-order chi connectivity index (χ1) is 12.7. The Hall–Kier alpha value is -2.85. The number of phenols is 1. The highest BCUT2D eigenvalue weighted by molar-refractivity contribution is 5.62. The summed E-state index contributed by atoms with van der Waals surface area (Å²) in [5.74, 6) is 0.888. The number of benzene rings is 2. The summed E-state index contributed by atoms with van der Waals surface area (Å²) in [6.45, 7) is 4.55. The molecule has 3 aromatic rings. The highest BCUT2D eigenvalue weighted by Crippen LogP contribution is 2.27. The molecule has 0 spiro atoms. The Balaban J connectivity index is 1.82. The molecule has 134 valence electrons. The summed E-state index contributed by atoms with van der Waals surface area (Å²) in [6.07, 6.45) is 0. The summed E-state index contributed by atoms with van der Waals surface area (Å²) < 4.78 is 5.21. The molecule has 0 amide bonds. The Morgan fingerprint density at radius 3 is 2.50 bits per heavy atom. The predicted molar refractivity (Wildman–Crippen MR) is 104 cm³/mol. The molecule has 0 unspecified atom stereocenters. The standard InChI is InChI=1S/C22H24N2O2/c1-3-24(15-17-8-5-4-6-9-17)16-19-14-18(12-13-21(19)25)20-10-7-11-22(23-20)26-2/h4-14,25H,3,15-16H2,1-2H3. The van der Waals surface area contributed by atoms with Crippen LogP contribution in [0.4, 0.5) is 0 Å². The summed E-state index contributed by atoms with van der Waals surface area (Å²) >= 11 is 0. The number of rotatable bonds is 7. The summed E-state index contributed by atoms with van der Waals surface area (Å²) in [5, 5.41) is 10.3. The minimum Gasteiger partial charge on any atom is -0.508 e. The van der Waals surface area contributed by atoms with Crippen LogP contribution in [-0.2, 0) is 13.1 Å². The Morgan fingerprint density at radius 2 is 1.77 bits per heavy atom. The number of methoxy groups -OCH3 is 1. The van der Waals surface area contributed by atoms with E-state index >= 15 is 0 Å². The van der Waals surface area contributed by atoms with E-state index in [1.165, 1.54) is 5.56 Å². The molecular weight excluding hydrogens is 324 g/mol. The quantitative estimate of drug-likeness (QED) is 0.683. The normalized spacial score (nSPS) is 10.9. The highest BCUT2D eigenvalue weighted by Gasteiger charge is 2.11. The molecule has 1 heterocycles. The molecule has 0 bridgehead atoms. The molecule has 0 aliphatic heterocycles. The number of phenolic OH excluding ortho intramolecular Hbond substituents is 1. The lowest BCUT2D eigenvalue weighted by molar-refractivity contribution is 0.267. The van der Waals surface area contributed by atoms with Gasteiger partial charge in [0.1, 0.15) is 5.75 Å². The smallest absolute Gasteiger partial charge is 0.213 e. The fourth-order valence-corrected chi connectivity index (χ4v) is 2.92. The molecule has 0 saturated heterocycles. The van der Waals surface area contributed by atoms with Gasteiger partial charge in [0, 0.05) is 30.3 Å². The maximum absolute atomic E-state index is 10.3. The third-order valence-electron chi connectivity index (χ3n) is 4.40. The molecule has 0 aliphatic carbocycles. The molecule has 4 heteroatoms. The Kier molecular flexibility index (Phi) is 5.87. The SMILES string of the molecule is CCN(Cc1ccccc1)Cc1cc(-c2cccc(OC)n2)ccc1O. The number of aromatic nitrogens is 1. The number of pyridine rings is 1. The van der Waals surface area contributed by atoms with Gasteiger partial charge in [-0.15, -0.1) is 0 Å². The van der Waals surface area contributed by atoms with E-state index in [0.29, 0.717) is 18.2 Å². The second kappa shape index (κ2) is 8.50. The van der Waals surface area contributed by atoms with E-state index in [4.69, 9.17) is 4.74 Å². The van der Waals surface area contributed by atoms with Crippen LogP contribution in [0.25, 0.3) is 11.3 Å². The van der Waals surface area contributed by atoms with Crippen LogP contribution < -0.4 is 4.74 Å². The summed E-state index contributed by atoms with van der Waals surface area (Å²) in [4.78, 5) is 6.78. The fourth-order valence-electron chi connectivity index (χ4n) is 2.92. The van der Waals surface area contributed by atoms with Gasteiger partial charge >= 0.3 is 0 Å². The second-order valence-corrected chi connectivity index (χ2v) is 6.20. The van der Waals surface area contributed by atoms with E-state index in [1.807, 2.05) is 36.4 Å². The zero-order chi connectivity index (χ0) is 18.4. The average molecular weight is 348 g/mol. The van der Waals surface area contributed by atoms with E-state index in [2.05, 4.69) is 41.1 Å². The van der Waals surface area contributed by atoms with Crippen LogP contribution in [0.15, 0.2) is 66.7 Å². The van der Waals surface area contributed by atoms with Crippen LogP contribution in [0.1, 0.15) is 18.1 Å². The number of hydrogen-bond donors (Lipinski definition) is 1. The molecule has 3 rings (SSSR count). The van der Waals surface area contributed by atoms with Gasteiger partial charge in [0.15, 0.2) is 0 Å². The van der Waals surface area contributed by atoms with Gasteiger partial charge in [0.25, 0.3) is 0 Å². The van der Waals surface area contributed by atoms with Crippen LogP contribution in [0.5, 0.6) is 11.6 Å². The maximum atomic E-state index is 10.3. The topological polar surface area (TPSA) is 45.6 Å². The van der Waals surface area contributed by atoms with Crippen molar-refractivity contribution in [3.05, 3.63) is 77.9 Å². The Morgan fingerprint density at radius 1 is 0.962 bits per heavy atom. The summed E-state index contributed by atoms with van der Waals surface area (Å²) in [6, 6.07) is 21.7. The van der Waals surface area contributed by atoms with Crippen molar-refractivity contribution in [1.29, 1.82) is 0 Å². The average Bonchev–Trinajstić information content (AvgIpc) is 2.69. The van der Waals surface area contributed by atoms with Gasteiger partial charge in [0.2, 0.25) is 5.88 Å². The second-order valence-electron chi connectivity index (χ2n) is 6.20. The van der Waals surface area contributed by atoms with E-state index in [1.54, 1.807) is 13.2 Å². The van der Waals surface area contributed by atoms with E-state index in [0.717, 1.165) is 29.9 Å². The first-order valence-corrected chi connectivity index (χ1v) is 8.79. The van der Waals surface area contributed by atoms with Gasteiger partial charge in [-0.1, -0.05) is 43.3 Å². The van der Waals surface area contributed by atoms with Crippen LogP contribution >= 0.6 is 0 Å².